The molecule has 0 radical (unpaired) electrons. The lowest BCUT2D eigenvalue weighted by Crippen LogP contribution is -2.35. The zero-order valence-electron chi connectivity index (χ0n) is 13.7. The van der Waals surface area contributed by atoms with Gasteiger partial charge in [-0.15, -0.1) is 0 Å². The van der Waals surface area contributed by atoms with E-state index in [9.17, 15) is 8.42 Å². The summed E-state index contributed by atoms with van der Waals surface area (Å²) in [5, 5.41) is 1.45. The van der Waals surface area contributed by atoms with Crippen molar-refractivity contribution in [2.75, 3.05) is 10.8 Å². The Labute approximate surface area is 152 Å². The van der Waals surface area contributed by atoms with Crippen LogP contribution < -0.4 is 4.31 Å². The SMILES string of the molecule is Cc1cnc2c(S(=O)(=O)N3CCCc4cc(Cl)ccc43)cccc2c1. The van der Waals surface area contributed by atoms with Gasteiger partial charge in [0, 0.05) is 23.2 Å². The molecule has 0 N–H and O–H groups in total. The average molecular weight is 373 g/mol. The smallest absolute Gasteiger partial charge is 0.266 e. The van der Waals surface area contributed by atoms with Crippen LogP contribution in [0.15, 0.2) is 53.6 Å². The number of benzene rings is 2. The second kappa shape index (κ2) is 6.00. The standard InChI is InChI=1S/C19H17ClN2O2S/c1-13-10-15-4-2-6-18(19(15)21-12-13)25(23,24)22-9-3-5-14-11-16(20)7-8-17(14)22/h2,4,6-8,10-12H,3,5,9H2,1H3. The van der Waals surface area contributed by atoms with Crippen LogP contribution in [0.1, 0.15) is 17.5 Å². The number of rotatable bonds is 2. The van der Waals surface area contributed by atoms with E-state index in [-0.39, 0.29) is 4.90 Å². The Morgan fingerprint density at radius 1 is 1.16 bits per heavy atom. The second-order valence-electron chi connectivity index (χ2n) is 6.29. The van der Waals surface area contributed by atoms with Gasteiger partial charge in [0.1, 0.15) is 4.90 Å². The molecule has 0 aliphatic carbocycles. The van der Waals surface area contributed by atoms with Gasteiger partial charge in [0.25, 0.3) is 10.0 Å². The fraction of sp³-hybridized carbons (Fsp3) is 0.211. The number of nitrogens with zero attached hydrogens (tertiary/aromatic N) is 2. The highest BCUT2D eigenvalue weighted by molar-refractivity contribution is 7.93. The van der Waals surface area contributed by atoms with Crippen LogP contribution in [0, 0.1) is 6.92 Å². The molecular weight excluding hydrogens is 356 g/mol. The van der Waals surface area contributed by atoms with Gasteiger partial charge in [0.2, 0.25) is 0 Å². The first-order valence-electron chi connectivity index (χ1n) is 8.13. The first-order valence-corrected chi connectivity index (χ1v) is 9.95. The molecule has 4 nitrogen and oxygen atoms in total. The third-order valence-corrected chi connectivity index (χ3v) is 6.58. The number of fused-ring (bicyclic) bond motifs is 2. The molecule has 0 unspecified atom stereocenters. The summed E-state index contributed by atoms with van der Waals surface area (Å²) in [4.78, 5) is 4.63. The molecule has 25 heavy (non-hydrogen) atoms. The predicted molar refractivity (Wildman–Crippen MR) is 101 cm³/mol. The number of hydrogen-bond donors (Lipinski definition) is 0. The Hall–Kier alpha value is -2.11. The average Bonchev–Trinajstić information content (AvgIpc) is 2.60. The minimum atomic E-state index is -3.70. The molecule has 0 atom stereocenters. The van der Waals surface area contributed by atoms with Crippen LogP contribution in [0.5, 0.6) is 0 Å². The van der Waals surface area contributed by atoms with E-state index in [2.05, 4.69) is 4.98 Å². The number of hydrogen-bond acceptors (Lipinski definition) is 3. The quantitative estimate of drug-likeness (QED) is 0.672. The third-order valence-electron chi connectivity index (χ3n) is 4.50. The Bertz CT molecular complexity index is 1080. The number of halogens is 1. The molecular formula is C19H17ClN2O2S. The number of sulfonamides is 1. The molecule has 1 aromatic heterocycles. The van der Waals surface area contributed by atoms with Crippen LogP contribution in [0.3, 0.4) is 0 Å². The molecule has 1 aliphatic heterocycles. The maximum absolute atomic E-state index is 13.4. The molecule has 0 saturated carbocycles. The summed E-state index contributed by atoms with van der Waals surface area (Å²) in [6, 6.07) is 12.6. The van der Waals surface area contributed by atoms with E-state index in [4.69, 9.17) is 11.6 Å². The Kier molecular flexibility index (Phi) is 3.93. The van der Waals surface area contributed by atoms with Gasteiger partial charge in [-0.1, -0.05) is 23.7 Å². The molecule has 6 heteroatoms. The van der Waals surface area contributed by atoms with E-state index in [0.717, 1.165) is 29.4 Å². The Morgan fingerprint density at radius 2 is 2.00 bits per heavy atom. The summed E-state index contributed by atoms with van der Waals surface area (Å²) in [5.74, 6) is 0. The van der Waals surface area contributed by atoms with Crippen LogP contribution in [0.2, 0.25) is 5.02 Å². The van der Waals surface area contributed by atoms with Gasteiger partial charge in [0.05, 0.1) is 11.2 Å². The molecule has 2 aromatic carbocycles. The summed E-state index contributed by atoms with van der Waals surface area (Å²) >= 11 is 6.07. The fourth-order valence-corrected chi connectivity index (χ4v) is 5.25. The molecule has 4 rings (SSSR count). The van der Waals surface area contributed by atoms with Gasteiger partial charge in [-0.2, -0.15) is 0 Å². The summed E-state index contributed by atoms with van der Waals surface area (Å²) in [6.07, 6.45) is 3.30. The van der Waals surface area contributed by atoms with Gasteiger partial charge in [-0.25, -0.2) is 8.42 Å². The van der Waals surface area contributed by atoms with Crippen LogP contribution in [0.25, 0.3) is 10.9 Å². The lowest BCUT2D eigenvalue weighted by atomic mass is 10.0. The van der Waals surface area contributed by atoms with E-state index < -0.39 is 10.0 Å². The van der Waals surface area contributed by atoms with Crippen molar-refractivity contribution in [2.45, 2.75) is 24.7 Å². The summed E-state index contributed by atoms with van der Waals surface area (Å²) in [5.41, 5.74) is 3.18. The van der Waals surface area contributed by atoms with Gasteiger partial charge < -0.3 is 0 Å². The molecule has 128 valence electrons. The maximum Gasteiger partial charge on any atom is 0.266 e. The predicted octanol–water partition coefficient (Wildman–Crippen LogP) is 4.34. The topological polar surface area (TPSA) is 50.3 Å². The summed E-state index contributed by atoms with van der Waals surface area (Å²) in [7, 11) is -3.70. The van der Waals surface area contributed by atoms with Crippen LogP contribution in [-0.4, -0.2) is 19.9 Å². The van der Waals surface area contributed by atoms with Crippen molar-refractivity contribution in [1.29, 1.82) is 0 Å². The van der Waals surface area contributed by atoms with Crippen molar-refractivity contribution in [3.63, 3.8) is 0 Å². The van der Waals surface area contributed by atoms with Gasteiger partial charge in [0.15, 0.2) is 0 Å². The van der Waals surface area contributed by atoms with Crippen molar-refractivity contribution < 1.29 is 8.42 Å². The van der Waals surface area contributed by atoms with Crippen molar-refractivity contribution in [1.82, 2.24) is 4.98 Å². The van der Waals surface area contributed by atoms with E-state index in [0.29, 0.717) is 22.8 Å². The monoisotopic (exact) mass is 372 g/mol. The first kappa shape index (κ1) is 16.4. The van der Waals surface area contributed by atoms with Crippen LogP contribution >= 0.6 is 11.6 Å². The minimum Gasteiger partial charge on any atom is -0.266 e. The Balaban J connectivity index is 1.90. The number of para-hydroxylation sites is 1. The van der Waals surface area contributed by atoms with Crippen LogP contribution in [-0.2, 0) is 16.4 Å². The Morgan fingerprint density at radius 3 is 2.84 bits per heavy atom. The van der Waals surface area contributed by atoms with Crippen molar-refractivity contribution in [3.8, 4) is 0 Å². The largest absolute Gasteiger partial charge is 0.266 e. The zero-order chi connectivity index (χ0) is 17.6. The van der Waals surface area contributed by atoms with E-state index in [1.807, 2.05) is 25.1 Å². The lowest BCUT2D eigenvalue weighted by molar-refractivity contribution is 0.587. The number of anilines is 1. The van der Waals surface area contributed by atoms with Crippen molar-refractivity contribution in [3.05, 3.63) is 64.8 Å². The molecule has 1 aliphatic rings. The first-order chi connectivity index (χ1) is 12.0. The lowest BCUT2D eigenvalue weighted by Gasteiger charge is -2.30. The van der Waals surface area contributed by atoms with Gasteiger partial charge in [-0.05, 0) is 61.2 Å². The summed E-state index contributed by atoms with van der Waals surface area (Å²) in [6.45, 7) is 2.40. The maximum atomic E-state index is 13.4. The highest BCUT2D eigenvalue weighted by Gasteiger charge is 2.30. The van der Waals surface area contributed by atoms with E-state index >= 15 is 0 Å². The number of aromatic nitrogens is 1. The van der Waals surface area contributed by atoms with Gasteiger partial charge in [-0.3, -0.25) is 9.29 Å². The van der Waals surface area contributed by atoms with E-state index in [1.54, 1.807) is 30.5 Å². The van der Waals surface area contributed by atoms with Crippen molar-refractivity contribution in [2.24, 2.45) is 0 Å². The highest BCUT2D eigenvalue weighted by atomic mass is 35.5. The normalized spacial score (nSPS) is 14.6. The minimum absolute atomic E-state index is 0.243. The molecule has 3 aromatic rings. The molecule has 0 fully saturated rings. The zero-order valence-corrected chi connectivity index (χ0v) is 15.3. The third kappa shape index (κ3) is 2.77. The highest BCUT2D eigenvalue weighted by Crippen LogP contribution is 2.35. The van der Waals surface area contributed by atoms with Crippen molar-refractivity contribution >= 4 is 38.2 Å². The number of pyridine rings is 1. The van der Waals surface area contributed by atoms with Gasteiger partial charge >= 0.3 is 0 Å². The molecule has 0 spiro atoms. The second-order valence-corrected chi connectivity index (χ2v) is 8.56. The molecule has 0 saturated heterocycles. The fourth-order valence-electron chi connectivity index (χ4n) is 3.35. The van der Waals surface area contributed by atoms with Crippen LogP contribution in [0.4, 0.5) is 5.69 Å². The molecule has 0 bridgehead atoms. The van der Waals surface area contributed by atoms with E-state index in [1.165, 1.54) is 4.31 Å². The summed E-state index contributed by atoms with van der Waals surface area (Å²) < 4.78 is 28.3. The molecule has 2 heterocycles. The molecule has 0 amide bonds. The number of aryl methyl sites for hydroxylation is 2.